The largest absolute Gasteiger partial charge is 0.482 e. The van der Waals surface area contributed by atoms with Crippen LogP contribution in [0.2, 0.25) is 10.0 Å². The van der Waals surface area contributed by atoms with Crippen LogP contribution in [0.15, 0.2) is 30.6 Å². The number of benzene rings is 1. The first-order valence-corrected chi connectivity index (χ1v) is 7.58. The van der Waals surface area contributed by atoms with Gasteiger partial charge in [0.25, 0.3) is 5.91 Å². The van der Waals surface area contributed by atoms with E-state index in [0.717, 1.165) is 12.1 Å². The van der Waals surface area contributed by atoms with Crippen molar-refractivity contribution >= 4 is 29.1 Å². The molecule has 5 nitrogen and oxygen atoms in total. The van der Waals surface area contributed by atoms with Gasteiger partial charge in [0.2, 0.25) is 0 Å². The summed E-state index contributed by atoms with van der Waals surface area (Å²) in [6.45, 7) is 3.21. The van der Waals surface area contributed by atoms with Crippen LogP contribution in [0.5, 0.6) is 5.75 Å². The molecule has 0 aliphatic carbocycles. The molecule has 22 heavy (non-hydrogen) atoms. The number of aryl methyl sites for hydroxylation is 1. The molecule has 0 atom stereocenters. The van der Waals surface area contributed by atoms with E-state index in [9.17, 15) is 4.79 Å². The third-order valence-electron chi connectivity index (χ3n) is 3.10. The van der Waals surface area contributed by atoms with Crippen LogP contribution in [0.4, 0.5) is 0 Å². The van der Waals surface area contributed by atoms with Gasteiger partial charge in [-0.05, 0) is 25.1 Å². The van der Waals surface area contributed by atoms with Crippen LogP contribution in [0.3, 0.4) is 0 Å². The predicted molar refractivity (Wildman–Crippen MR) is 86.3 cm³/mol. The van der Waals surface area contributed by atoms with Crippen molar-refractivity contribution < 1.29 is 9.53 Å². The molecule has 0 saturated heterocycles. The van der Waals surface area contributed by atoms with Crippen LogP contribution in [0, 0.1) is 0 Å². The predicted octanol–water partition coefficient (Wildman–Crippen LogP) is 3.25. The van der Waals surface area contributed by atoms with Gasteiger partial charge in [-0.3, -0.25) is 9.48 Å². The maximum Gasteiger partial charge on any atom is 0.260 e. The van der Waals surface area contributed by atoms with Crippen molar-refractivity contribution in [3.8, 4) is 5.75 Å². The van der Waals surface area contributed by atoms with Crippen molar-refractivity contribution in [2.45, 2.75) is 20.0 Å². The lowest BCUT2D eigenvalue weighted by atomic mass is 10.3. The minimum atomic E-state index is -0.143. The summed E-state index contributed by atoms with van der Waals surface area (Å²) >= 11 is 11.8. The van der Waals surface area contributed by atoms with Crippen molar-refractivity contribution in [1.82, 2.24) is 14.7 Å². The zero-order valence-corrected chi connectivity index (χ0v) is 13.9. The van der Waals surface area contributed by atoms with E-state index in [1.165, 1.54) is 0 Å². The second-order valence-corrected chi connectivity index (χ2v) is 5.66. The number of rotatable bonds is 6. The SMILES string of the molecule is CCn1cc(CN(C)C(=O)COc2ccc(Cl)cc2Cl)cn1. The number of nitrogens with zero attached hydrogens (tertiary/aromatic N) is 3. The number of carbonyl (C=O) groups excluding carboxylic acids is 1. The molecule has 0 spiro atoms. The van der Waals surface area contributed by atoms with Crippen LogP contribution in [0.25, 0.3) is 0 Å². The fourth-order valence-corrected chi connectivity index (χ4v) is 2.33. The molecule has 0 saturated carbocycles. The van der Waals surface area contributed by atoms with Crippen LogP contribution >= 0.6 is 23.2 Å². The monoisotopic (exact) mass is 341 g/mol. The minimum Gasteiger partial charge on any atom is -0.482 e. The van der Waals surface area contributed by atoms with E-state index in [2.05, 4.69) is 5.10 Å². The van der Waals surface area contributed by atoms with Gasteiger partial charge in [-0.15, -0.1) is 0 Å². The third kappa shape index (κ3) is 4.39. The average molecular weight is 342 g/mol. The molecule has 0 aliphatic heterocycles. The Morgan fingerprint density at radius 1 is 1.41 bits per heavy atom. The fourth-order valence-electron chi connectivity index (χ4n) is 1.86. The molecule has 0 fully saturated rings. The lowest BCUT2D eigenvalue weighted by molar-refractivity contribution is -0.132. The molecule has 2 rings (SSSR count). The van der Waals surface area contributed by atoms with E-state index < -0.39 is 0 Å². The van der Waals surface area contributed by atoms with Crippen molar-refractivity contribution in [3.05, 3.63) is 46.2 Å². The van der Waals surface area contributed by atoms with Crippen molar-refractivity contribution in [2.75, 3.05) is 13.7 Å². The van der Waals surface area contributed by atoms with Gasteiger partial charge in [0.15, 0.2) is 6.61 Å². The number of halogens is 2. The van der Waals surface area contributed by atoms with Gasteiger partial charge >= 0.3 is 0 Å². The number of amides is 1. The van der Waals surface area contributed by atoms with Gasteiger partial charge in [0.05, 0.1) is 11.2 Å². The molecule has 7 heteroatoms. The molecule has 118 valence electrons. The maximum atomic E-state index is 12.1. The van der Waals surface area contributed by atoms with Crippen LogP contribution in [0.1, 0.15) is 12.5 Å². The zero-order valence-electron chi connectivity index (χ0n) is 12.4. The maximum absolute atomic E-state index is 12.1. The Morgan fingerprint density at radius 2 is 2.18 bits per heavy atom. The number of carbonyl (C=O) groups is 1. The normalized spacial score (nSPS) is 10.5. The summed E-state index contributed by atoms with van der Waals surface area (Å²) in [5.74, 6) is 0.293. The molecule has 0 aliphatic rings. The fraction of sp³-hybridized carbons (Fsp3) is 0.333. The van der Waals surface area contributed by atoms with Gasteiger partial charge < -0.3 is 9.64 Å². The molecule has 1 aromatic heterocycles. The van der Waals surface area contributed by atoms with Crippen LogP contribution in [-0.4, -0.2) is 34.2 Å². The van der Waals surface area contributed by atoms with Gasteiger partial charge in [-0.1, -0.05) is 23.2 Å². The molecule has 0 bridgehead atoms. The number of ether oxygens (including phenoxy) is 1. The van der Waals surface area contributed by atoms with Gasteiger partial charge in [0, 0.05) is 36.9 Å². The number of likely N-dealkylation sites (N-methyl/N-ethyl adjacent to an activating group) is 1. The van der Waals surface area contributed by atoms with Crippen LogP contribution < -0.4 is 4.74 Å². The Morgan fingerprint density at radius 3 is 2.82 bits per heavy atom. The number of hydrogen-bond donors (Lipinski definition) is 0. The Labute approximate surface area is 139 Å². The minimum absolute atomic E-state index is 0.0836. The second kappa shape index (κ2) is 7.51. The van der Waals surface area contributed by atoms with E-state index in [1.807, 2.05) is 17.8 Å². The first kappa shape index (κ1) is 16.6. The molecular formula is C15H17Cl2N3O2. The topological polar surface area (TPSA) is 47.4 Å². The van der Waals surface area contributed by atoms with Gasteiger partial charge in [-0.2, -0.15) is 5.10 Å². The Bertz CT molecular complexity index is 658. The highest BCUT2D eigenvalue weighted by Crippen LogP contribution is 2.27. The summed E-state index contributed by atoms with van der Waals surface area (Å²) in [4.78, 5) is 13.7. The zero-order chi connectivity index (χ0) is 16.1. The van der Waals surface area contributed by atoms with E-state index in [1.54, 1.807) is 36.3 Å². The quantitative estimate of drug-likeness (QED) is 0.810. The summed E-state index contributed by atoms with van der Waals surface area (Å²) in [5, 5.41) is 5.08. The van der Waals surface area contributed by atoms with Crippen LogP contribution in [-0.2, 0) is 17.9 Å². The van der Waals surface area contributed by atoms with Crippen molar-refractivity contribution in [1.29, 1.82) is 0 Å². The lowest BCUT2D eigenvalue weighted by Crippen LogP contribution is -2.30. The van der Waals surface area contributed by atoms with Gasteiger partial charge in [-0.25, -0.2) is 0 Å². The van der Waals surface area contributed by atoms with Crippen molar-refractivity contribution in [3.63, 3.8) is 0 Å². The Balaban J connectivity index is 1.88. The summed E-state index contributed by atoms with van der Waals surface area (Å²) in [6, 6.07) is 4.88. The summed E-state index contributed by atoms with van der Waals surface area (Å²) in [5.41, 5.74) is 0.974. The first-order chi connectivity index (χ1) is 10.5. The highest BCUT2D eigenvalue weighted by molar-refractivity contribution is 6.35. The molecule has 0 N–H and O–H groups in total. The smallest absolute Gasteiger partial charge is 0.260 e. The molecule has 1 amide bonds. The summed E-state index contributed by atoms with van der Waals surface area (Å²) < 4.78 is 7.25. The first-order valence-electron chi connectivity index (χ1n) is 6.82. The van der Waals surface area contributed by atoms with E-state index in [0.29, 0.717) is 22.3 Å². The molecule has 1 aromatic carbocycles. The highest BCUT2D eigenvalue weighted by Gasteiger charge is 2.12. The molecule has 0 unspecified atom stereocenters. The number of aromatic nitrogens is 2. The Kier molecular flexibility index (Phi) is 5.69. The molecule has 2 aromatic rings. The van der Waals surface area contributed by atoms with Crippen molar-refractivity contribution in [2.24, 2.45) is 0 Å². The Hall–Kier alpha value is -1.72. The highest BCUT2D eigenvalue weighted by atomic mass is 35.5. The third-order valence-corrected chi connectivity index (χ3v) is 3.63. The van der Waals surface area contributed by atoms with E-state index >= 15 is 0 Å². The molecule has 1 heterocycles. The average Bonchev–Trinajstić information content (AvgIpc) is 2.93. The number of hydrogen-bond acceptors (Lipinski definition) is 3. The second-order valence-electron chi connectivity index (χ2n) is 4.82. The van der Waals surface area contributed by atoms with Gasteiger partial charge in [0.1, 0.15) is 5.75 Å². The molecule has 0 radical (unpaired) electrons. The lowest BCUT2D eigenvalue weighted by Gasteiger charge is -2.17. The van der Waals surface area contributed by atoms with E-state index in [-0.39, 0.29) is 12.5 Å². The van der Waals surface area contributed by atoms with E-state index in [4.69, 9.17) is 27.9 Å². The molecular weight excluding hydrogens is 325 g/mol. The summed E-state index contributed by atoms with van der Waals surface area (Å²) in [7, 11) is 1.72. The summed E-state index contributed by atoms with van der Waals surface area (Å²) in [6.07, 6.45) is 3.67. The standard InChI is InChI=1S/C15H17Cl2N3O2/c1-3-20-9-11(7-18-20)8-19(2)15(21)10-22-14-5-4-12(16)6-13(14)17/h4-7,9H,3,8,10H2,1-2H3.